The van der Waals surface area contributed by atoms with Crippen molar-refractivity contribution in [3.8, 4) is 0 Å². The molecule has 140 valence electrons. The molecular formula is C23H27BO3. The molecule has 0 saturated carbocycles. The average Bonchev–Trinajstić information content (AvgIpc) is 3.12. The fourth-order valence-corrected chi connectivity index (χ4v) is 3.98. The van der Waals surface area contributed by atoms with Crippen LogP contribution in [0.25, 0.3) is 27.5 Å². The van der Waals surface area contributed by atoms with Gasteiger partial charge in [-0.15, -0.1) is 0 Å². The largest absolute Gasteiger partial charge is 0.492 e. The number of allylic oxidation sites excluding steroid dienone is 4. The van der Waals surface area contributed by atoms with E-state index < -0.39 is 7.12 Å². The highest BCUT2D eigenvalue weighted by Crippen LogP contribution is 2.50. The second-order valence-corrected chi connectivity index (χ2v) is 7.23. The predicted molar refractivity (Wildman–Crippen MR) is 115 cm³/mol. The van der Waals surface area contributed by atoms with Crippen LogP contribution >= 0.6 is 0 Å². The molecule has 0 fully saturated rings. The Morgan fingerprint density at radius 2 is 1.67 bits per heavy atom. The van der Waals surface area contributed by atoms with Crippen LogP contribution in [0.15, 0.2) is 52.5 Å². The zero-order valence-electron chi connectivity index (χ0n) is 16.9. The van der Waals surface area contributed by atoms with Crippen molar-refractivity contribution >= 4 is 40.1 Å². The summed E-state index contributed by atoms with van der Waals surface area (Å²) in [6.07, 6.45) is 4.19. The summed E-state index contributed by atoms with van der Waals surface area (Å²) in [6, 6.07) is 9.74. The Morgan fingerprint density at radius 1 is 1.00 bits per heavy atom. The maximum atomic E-state index is 9.68. The number of benzene rings is 2. The quantitative estimate of drug-likeness (QED) is 0.636. The van der Waals surface area contributed by atoms with E-state index in [1.807, 2.05) is 32.9 Å². The van der Waals surface area contributed by atoms with Gasteiger partial charge in [0.1, 0.15) is 11.2 Å². The van der Waals surface area contributed by atoms with E-state index in [0.717, 1.165) is 21.9 Å². The molecule has 0 amide bonds. The Labute approximate surface area is 161 Å². The first-order valence-corrected chi connectivity index (χ1v) is 9.57. The Kier molecular flexibility index (Phi) is 5.07. The number of furan rings is 1. The zero-order valence-corrected chi connectivity index (χ0v) is 16.9. The van der Waals surface area contributed by atoms with Crippen LogP contribution in [0.3, 0.4) is 0 Å². The first-order valence-electron chi connectivity index (χ1n) is 9.57. The minimum atomic E-state index is -1.55. The lowest BCUT2D eigenvalue weighted by Crippen LogP contribution is -2.29. The van der Waals surface area contributed by atoms with Crippen molar-refractivity contribution in [1.82, 2.24) is 0 Å². The van der Waals surface area contributed by atoms with E-state index >= 15 is 0 Å². The van der Waals surface area contributed by atoms with Crippen molar-refractivity contribution in [2.75, 3.05) is 0 Å². The summed E-state index contributed by atoms with van der Waals surface area (Å²) in [6.45, 7) is 12.7. The van der Waals surface area contributed by atoms with E-state index in [2.05, 4.69) is 45.1 Å². The van der Waals surface area contributed by atoms with Gasteiger partial charge in [0.05, 0.1) is 0 Å². The summed E-state index contributed by atoms with van der Waals surface area (Å²) >= 11 is 0. The number of hydrogen-bond acceptors (Lipinski definition) is 3. The van der Waals surface area contributed by atoms with Gasteiger partial charge >= 0.3 is 7.12 Å². The van der Waals surface area contributed by atoms with Crippen molar-refractivity contribution in [3.63, 3.8) is 0 Å². The smallest absolute Gasteiger partial charge is 0.456 e. The topological polar surface area (TPSA) is 53.6 Å². The van der Waals surface area contributed by atoms with Crippen molar-refractivity contribution in [2.24, 2.45) is 0 Å². The Hall–Kier alpha value is -2.30. The van der Waals surface area contributed by atoms with E-state index in [9.17, 15) is 10.0 Å². The van der Waals surface area contributed by atoms with Gasteiger partial charge in [0.25, 0.3) is 0 Å². The molecule has 0 saturated heterocycles. The maximum absolute atomic E-state index is 9.68. The van der Waals surface area contributed by atoms with Gasteiger partial charge in [-0.05, 0) is 25.0 Å². The third-order valence-corrected chi connectivity index (χ3v) is 5.59. The predicted octanol–water partition coefficient (Wildman–Crippen LogP) is 4.93. The number of para-hydroxylation sites is 1. The van der Waals surface area contributed by atoms with E-state index in [0.29, 0.717) is 11.0 Å². The summed E-state index contributed by atoms with van der Waals surface area (Å²) < 4.78 is 6.22. The highest BCUT2D eigenvalue weighted by Gasteiger charge is 2.36. The zero-order chi connectivity index (χ0) is 19.9. The number of fused-ring (bicyclic) bond motifs is 5. The summed E-state index contributed by atoms with van der Waals surface area (Å²) in [7, 11) is -1.55. The molecule has 0 bridgehead atoms. The number of rotatable bonds is 2. The van der Waals surface area contributed by atoms with E-state index in [4.69, 9.17) is 4.42 Å². The molecule has 0 atom stereocenters. The Bertz CT molecular complexity index is 1070. The van der Waals surface area contributed by atoms with Gasteiger partial charge in [0, 0.05) is 27.2 Å². The monoisotopic (exact) mass is 362 g/mol. The van der Waals surface area contributed by atoms with Crippen molar-refractivity contribution in [2.45, 2.75) is 47.0 Å². The fourth-order valence-electron chi connectivity index (χ4n) is 3.98. The molecule has 0 spiro atoms. The summed E-state index contributed by atoms with van der Waals surface area (Å²) in [5.41, 5.74) is 6.57. The van der Waals surface area contributed by atoms with Crippen LogP contribution in [0.1, 0.15) is 52.7 Å². The molecule has 1 aliphatic rings. The molecule has 4 heteroatoms. The summed E-state index contributed by atoms with van der Waals surface area (Å²) in [5, 5.41) is 21.3. The lowest BCUT2D eigenvalue weighted by molar-refractivity contribution is 0.425. The van der Waals surface area contributed by atoms with Crippen LogP contribution in [-0.2, 0) is 5.41 Å². The molecule has 1 aliphatic carbocycles. The van der Waals surface area contributed by atoms with E-state index in [-0.39, 0.29) is 5.41 Å². The Morgan fingerprint density at radius 3 is 2.30 bits per heavy atom. The first kappa shape index (κ1) is 19.5. The van der Waals surface area contributed by atoms with Crippen LogP contribution in [0.2, 0.25) is 0 Å². The standard InChI is InChI=1S/C21H21BO3.C2H6/c1-5-7-13-12(2)21(3,4)16-11-10-15-14-8-6-9-17(22(23)24)19(14)25-20(15)18(13)16;1-2/h5-11,23-24H,1-4H3;1-2H3/b7-5-;. The van der Waals surface area contributed by atoms with E-state index in [1.165, 1.54) is 16.7 Å². The van der Waals surface area contributed by atoms with Crippen LogP contribution < -0.4 is 5.46 Å². The molecular weight excluding hydrogens is 335 g/mol. The minimum absolute atomic E-state index is 0.0589. The summed E-state index contributed by atoms with van der Waals surface area (Å²) in [5.74, 6) is 0. The van der Waals surface area contributed by atoms with Gasteiger partial charge in [-0.1, -0.05) is 75.8 Å². The Balaban J connectivity index is 0.00000102. The molecule has 3 aromatic rings. The van der Waals surface area contributed by atoms with Gasteiger partial charge in [-0.3, -0.25) is 0 Å². The van der Waals surface area contributed by atoms with Gasteiger partial charge in [-0.25, -0.2) is 0 Å². The molecule has 1 aromatic heterocycles. The third-order valence-electron chi connectivity index (χ3n) is 5.59. The highest BCUT2D eigenvalue weighted by atomic mass is 16.4. The molecule has 0 aliphatic heterocycles. The average molecular weight is 362 g/mol. The molecule has 0 radical (unpaired) electrons. The second-order valence-electron chi connectivity index (χ2n) is 7.23. The van der Waals surface area contributed by atoms with Gasteiger partial charge in [0.2, 0.25) is 0 Å². The summed E-state index contributed by atoms with van der Waals surface area (Å²) in [4.78, 5) is 0. The van der Waals surface area contributed by atoms with Gasteiger partial charge in [0.15, 0.2) is 0 Å². The van der Waals surface area contributed by atoms with Gasteiger partial charge < -0.3 is 14.5 Å². The first-order chi connectivity index (χ1) is 12.9. The lowest BCUT2D eigenvalue weighted by atomic mass is 9.79. The second kappa shape index (κ2) is 7.03. The molecule has 3 nitrogen and oxygen atoms in total. The van der Waals surface area contributed by atoms with Crippen LogP contribution in [0.5, 0.6) is 0 Å². The maximum Gasteiger partial charge on any atom is 0.492 e. The normalized spacial score (nSPS) is 15.4. The minimum Gasteiger partial charge on any atom is -0.456 e. The third kappa shape index (κ3) is 2.75. The molecule has 2 N–H and O–H groups in total. The van der Waals surface area contributed by atoms with Crippen LogP contribution in [0, 0.1) is 0 Å². The van der Waals surface area contributed by atoms with Crippen LogP contribution in [0.4, 0.5) is 0 Å². The molecule has 27 heavy (non-hydrogen) atoms. The van der Waals surface area contributed by atoms with E-state index in [1.54, 1.807) is 6.07 Å². The highest BCUT2D eigenvalue weighted by molar-refractivity contribution is 6.61. The SMILES string of the molecule is C/C=C\C1=C(C)C(C)(C)c2ccc3c(oc4c(B(O)O)cccc43)c21.CC. The number of hydrogen-bond donors (Lipinski definition) is 2. The van der Waals surface area contributed by atoms with Crippen molar-refractivity contribution < 1.29 is 14.5 Å². The van der Waals surface area contributed by atoms with Crippen molar-refractivity contribution in [1.29, 1.82) is 0 Å². The van der Waals surface area contributed by atoms with Crippen LogP contribution in [-0.4, -0.2) is 17.2 Å². The fraction of sp³-hybridized carbons (Fsp3) is 0.304. The lowest BCUT2D eigenvalue weighted by Gasteiger charge is -2.22. The van der Waals surface area contributed by atoms with Gasteiger partial charge in [-0.2, -0.15) is 0 Å². The molecule has 0 unspecified atom stereocenters. The molecule has 1 heterocycles. The molecule has 2 aromatic carbocycles. The van der Waals surface area contributed by atoms with Crippen molar-refractivity contribution in [3.05, 3.63) is 59.2 Å². The molecule has 4 rings (SSSR count).